The molecule has 5 heteroatoms. The molecule has 0 heterocycles. The molecule has 1 aliphatic rings. The summed E-state index contributed by atoms with van der Waals surface area (Å²) < 4.78 is 13.4. The van der Waals surface area contributed by atoms with Gasteiger partial charge in [0.1, 0.15) is 12.2 Å². The SMILES string of the molecule is O=C(CC(=O)NC1CCCCC1)NCc1ccccc1F. The zero-order chi connectivity index (χ0) is 15.1. The number of amides is 2. The summed E-state index contributed by atoms with van der Waals surface area (Å²) in [7, 11) is 0. The molecule has 0 radical (unpaired) electrons. The quantitative estimate of drug-likeness (QED) is 0.818. The first-order valence-corrected chi connectivity index (χ1v) is 7.44. The van der Waals surface area contributed by atoms with Gasteiger partial charge in [0.2, 0.25) is 11.8 Å². The van der Waals surface area contributed by atoms with Crippen molar-refractivity contribution in [3.05, 3.63) is 35.6 Å². The van der Waals surface area contributed by atoms with Crippen molar-refractivity contribution in [2.45, 2.75) is 51.1 Å². The molecular weight excluding hydrogens is 271 g/mol. The molecule has 1 aliphatic carbocycles. The van der Waals surface area contributed by atoms with Crippen LogP contribution in [-0.2, 0) is 16.1 Å². The van der Waals surface area contributed by atoms with Gasteiger partial charge in [-0.05, 0) is 18.9 Å². The Bertz CT molecular complexity index is 499. The minimum Gasteiger partial charge on any atom is -0.353 e. The van der Waals surface area contributed by atoms with Crippen molar-refractivity contribution < 1.29 is 14.0 Å². The Morgan fingerprint density at radius 1 is 1.10 bits per heavy atom. The average molecular weight is 292 g/mol. The summed E-state index contributed by atoms with van der Waals surface area (Å²) in [5, 5.41) is 5.45. The van der Waals surface area contributed by atoms with E-state index in [9.17, 15) is 14.0 Å². The normalized spacial score (nSPS) is 15.5. The second kappa shape index (κ2) is 7.76. The highest BCUT2D eigenvalue weighted by Gasteiger charge is 2.17. The van der Waals surface area contributed by atoms with Crippen LogP contribution in [0.25, 0.3) is 0 Å². The third-order valence-electron chi connectivity index (χ3n) is 3.73. The van der Waals surface area contributed by atoms with E-state index in [1.54, 1.807) is 18.2 Å². The maximum Gasteiger partial charge on any atom is 0.229 e. The Morgan fingerprint density at radius 3 is 2.52 bits per heavy atom. The first-order valence-electron chi connectivity index (χ1n) is 7.44. The maximum absolute atomic E-state index is 13.4. The van der Waals surface area contributed by atoms with Crippen LogP contribution in [0.2, 0.25) is 0 Å². The van der Waals surface area contributed by atoms with E-state index in [0.717, 1.165) is 25.7 Å². The monoisotopic (exact) mass is 292 g/mol. The summed E-state index contributed by atoms with van der Waals surface area (Å²) in [6.07, 6.45) is 5.25. The van der Waals surface area contributed by atoms with Gasteiger partial charge in [-0.1, -0.05) is 37.5 Å². The zero-order valence-corrected chi connectivity index (χ0v) is 12.0. The first-order chi connectivity index (χ1) is 10.1. The van der Waals surface area contributed by atoms with Gasteiger partial charge in [0.25, 0.3) is 0 Å². The van der Waals surface area contributed by atoms with E-state index in [1.807, 2.05) is 0 Å². The Kier molecular flexibility index (Phi) is 5.72. The molecule has 1 fully saturated rings. The molecule has 4 nitrogen and oxygen atoms in total. The molecule has 0 spiro atoms. The molecule has 1 aromatic rings. The number of carbonyl (C=O) groups excluding carboxylic acids is 2. The molecule has 0 saturated heterocycles. The van der Waals surface area contributed by atoms with Gasteiger partial charge in [-0.25, -0.2) is 4.39 Å². The highest BCUT2D eigenvalue weighted by atomic mass is 19.1. The van der Waals surface area contributed by atoms with Crippen LogP contribution in [0.15, 0.2) is 24.3 Å². The average Bonchev–Trinajstić information content (AvgIpc) is 2.47. The predicted molar refractivity (Wildman–Crippen MR) is 77.9 cm³/mol. The minimum absolute atomic E-state index is 0.0994. The summed E-state index contributed by atoms with van der Waals surface area (Å²) in [6.45, 7) is 0.0994. The van der Waals surface area contributed by atoms with E-state index >= 15 is 0 Å². The maximum atomic E-state index is 13.4. The van der Waals surface area contributed by atoms with Crippen LogP contribution >= 0.6 is 0 Å². The molecule has 114 valence electrons. The van der Waals surface area contributed by atoms with Crippen molar-refractivity contribution in [3.63, 3.8) is 0 Å². The summed E-state index contributed by atoms with van der Waals surface area (Å²) >= 11 is 0. The second-order valence-electron chi connectivity index (χ2n) is 5.45. The van der Waals surface area contributed by atoms with Crippen LogP contribution in [0.1, 0.15) is 44.1 Å². The van der Waals surface area contributed by atoms with Crippen molar-refractivity contribution in [2.75, 3.05) is 0 Å². The number of hydrogen-bond acceptors (Lipinski definition) is 2. The van der Waals surface area contributed by atoms with E-state index in [2.05, 4.69) is 10.6 Å². The fourth-order valence-corrected chi connectivity index (χ4v) is 2.57. The Balaban J connectivity index is 1.71. The van der Waals surface area contributed by atoms with E-state index in [1.165, 1.54) is 12.5 Å². The smallest absolute Gasteiger partial charge is 0.229 e. The summed E-state index contributed by atoms with van der Waals surface area (Å²) in [6, 6.07) is 6.46. The third kappa shape index (κ3) is 5.17. The van der Waals surface area contributed by atoms with Crippen molar-refractivity contribution in [3.8, 4) is 0 Å². The van der Waals surface area contributed by atoms with Gasteiger partial charge in [0, 0.05) is 18.2 Å². The lowest BCUT2D eigenvalue weighted by atomic mass is 9.95. The number of benzene rings is 1. The Morgan fingerprint density at radius 2 is 1.81 bits per heavy atom. The van der Waals surface area contributed by atoms with Crippen LogP contribution in [0.3, 0.4) is 0 Å². The molecule has 21 heavy (non-hydrogen) atoms. The lowest BCUT2D eigenvalue weighted by molar-refractivity contribution is -0.129. The fourth-order valence-electron chi connectivity index (χ4n) is 2.57. The number of rotatable bonds is 5. The van der Waals surface area contributed by atoms with Crippen molar-refractivity contribution in [2.24, 2.45) is 0 Å². The predicted octanol–water partition coefficient (Wildman–Crippen LogP) is 2.28. The Hall–Kier alpha value is -1.91. The highest BCUT2D eigenvalue weighted by molar-refractivity contribution is 5.96. The molecule has 0 aromatic heterocycles. The lowest BCUT2D eigenvalue weighted by Gasteiger charge is -2.22. The highest BCUT2D eigenvalue weighted by Crippen LogP contribution is 2.17. The van der Waals surface area contributed by atoms with Crippen LogP contribution in [0, 0.1) is 5.82 Å². The van der Waals surface area contributed by atoms with Crippen LogP contribution in [0.5, 0.6) is 0 Å². The standard InChI is InChI=1S/C16H21FN2O2/c17-14-9-5-4-6-12(14)11-18-15(20)10-16(21)19-13-7-2-1-3-8-13/h4-6,9,13H,1-3,7-8,10-11H2,(H,18,20)(H,19,21). The van der Waals surface area contributed by atoms with Gasteiger partial charge in [-0.3, -0.25) is 9.59 Å². The van der Waals surface area contributed by atoms with Crippen molar-refractivity contribution >= 4 is 11.8 Å². The van der Waals surface area contributed by atoms with Crippen molar-refractivity contribution in [1.82, 2.24) is 10.6 Å². The van der Waals surface area contributed by atoms with Gasteiger partial charge in [-0.15, -0.1) is 0 Å². The van der Waals surface area contributed by atoms with E-state index in [-0.39, 0.29) is 36.6 Å². The molecule has 2 amide bonds. The molecule has 1 saturated carbocycles. The minimum atomic E-state index is -0.383. The molecule has 2 rings (SSSR count). The van der Waals surface area contributed by atoms with Gasteiger partial charge in [-0.2, -0.15) is 0 Å². The molecule has 0 unspecified atom stereocenters. The largest absolute Gasteiger partial charge is 0.353 e. The second-order valence-corrected chi connectivity index (χ2v) is 5.45. The summed E-state index contributed by atoms with van der Waals surface area (Å²) in [5.41, 5.74) is 0.415. The summed E-state index contributed by atoms with van der Waals surface area (Å²) in [5.74, 6) is -0.996. The van der Waals surface area contributed by atoms with Crippen LogP contribution in [-0.4, -0.2) is 17.9 Å². The van der Waals surface area contributed by atoms with Gasteiger partial charge >= 0.3 is 0 Å². The molecular formula is C16H21FN2O2. The van der Waals surface area contributed by atoms with Crippen LogP contribution < -0.4 is 10.6 Å². The van der Waals surface area contributed by atoms with Crippen molar-refractivity contribution in [1.29, 1.82) is 0 Å². The van der Waals surface area contributed by atoms with Crippen LogP contribution in [0.4, 0.5) is 4.39 Å². The number of carbonyl (C=O) groups is 2. The molecule has 2 N–H and O–H groups in total. The van der Waals surface area contributed by atoms with E-state index in [4.69, 9.17) is 0 Å². The van der Waals surface area contributed by atoms with E-state index in [0.29, 0.717) is 5.56 Å². The van der Waals surface area contributed by atoms with Gasteiger partial charge in [0.05, 0.1) is 0 Å². The number of nitrogens with one attached hydrogen (secondary N) is 2. The van der Waals surface area contributed by atoms with Gasteiger partial charge in [0.15, 0.2) is 0 Å². The number of hydrogen-bond donors (Lipinski definition) is 2. The lowest BCUT2D eigenvalue weighted by Crippen LogP contribution is -2.39. The molecule has 0 aliphatic heterocycles. The topological polar surface area (TPSA) is 58.2 Å². The zero-order valence-electron chi connectivity index (χ0n) is 12.0. The first kappa shape index (κ1) is 15.5. The third-order valence-corrected chi connectivity index (χ3v) is 3.73. The molecule has 0 bridgehead atoms. The molecule has 1 aromatic carbocycles. The Labute approximate surface area is 124 Å². The number of halogens is 1. The summed E-state index contributed by atoms with van der Waals surface area (Å²) in [4.78, 5) is 23.4. The molecule has 0 atom stereocenters. The van der Waals surface area contributed by atoms with Gasteiger partial charge < -0.3 is 10.6 Å². The van der Waals surface area contributed by atoms with E-state index < -0.39 is 0 Å². The fraction of sp³-hybridized carbons (Fsp3) is 0.500.